The summed E-state index contributed by atoms with van der Waals surface area (Å²) in [7, 11) is 0. The van der Waals surface area contributed by atoms with Crippen molar-refractivity contribution in [3.63, 3.8) is 0 Å². The summed E-state index contributed by atoms with van der Waals surface area (Å²) < 4.78 is 0. The molecule has 1 aliphatic heterocycles. The minimum atomic E-state index is -0.210. The Bertz CT molecular complexity index is 755. The molecule has 4 rings (SSSR count). The van der Waals surface area contributed by atoms with E-state index < -0.39 is 0 Å². The van der Waals surface area contributed by atoms with Crippen LogP contribution in [0.15, 0.2) is 54.6 Å². The Morgan fingerprint density at radius 1 is 1.00 bits per heavy atom. The van der Waals surface area contributed by atoms with Crippen LogP contribution in [0.4, 0.5) is 5.69 Å². The maximum atomic E-state index is 12.9. The van der Waals surface area contributed by atoms with Gasteiger partial charge in [-0.15, -0.1) is 0 Å². The number of carbonyl (C=O) groups excluding carboxylic acids is 1. The van der Waals surface area contributed by atoms with Crippen molar-refractivity contribution >= 4 is 23.2 Å². The molecule has 1 heterocycles. The van der Waals surface area contributed by atoms with Crippen molar-refractivity contribution in [1.29, 1.82) is 0 Å². The average Bonchev–Trinajstić information content (AvgIpc) is 3.47. The number of nitrogens with one attached hydrogen (secondary N) is 1. The van der Waals surface area contributed by atoms with Gasteiger partial charge in [-0.1, -0.05) is 48.0 Å². The number of rotatable bonds is 5. The van der Waals surface area contributed by atoms with Gasteiger partial charge in [0, 0.05) is 42.9 Å². The van der Waals surface area contributed by atoms with Crippen molar-refractivity contribution in [1.82, 2.24) is 10.2 Å². The standard InChI is InChI=1S/C21H24ClN3O/c22-17-7-4-8-19(15-17)24-11-13-25(14-12-24)20(16-5-2-1-3-6-16)21(26)23-18-9-10-18/h1-8,15,18,20H,9-14H2,(H,23,26)/t20-/m1/s1. The minimum Gasteiger partial charge on any atom is -0.369 e. The number of halogens is 1. The second-order valence-electron chi connectivity index (χ2n) is 7.10. The molecule has 1 aliphatic carbocycles. The molecule has 2 aromatic carbocycles. The van der Waals surface area contributed by atoms with Gasteiger partial charge in [0.05, 0.1) is 0 Å². The first kappa shape index (κ1) is 17.4. The SMILES string of the molecule is O=C(NC1CC1)[C@@H](c1ccccc1)N1CCN(c2cccc(Cl)c2)CC1. The third-order valence-electron chi connectivity index (χ3n) is 5.14. The van der Waals surface area contributed by atoms with Crippen LogP contribution in [0.25, 0.3) is 0 Å². The van der Waals surface area contributed by atoms with E-state index in [4.69, 9.17) is 11.6 Å². The van der Waals surface area contributed by atoms with Gasteiger partial charge in [0.2, 0.25) is 5.91 Å². The van der Waals surface area contributed by atoms with Gasteiger partial charge in [-0.05, 0) is 36.6 Å². The van der Waals surface area contributed by atoms with Crippen molar-refractivity contribution < 1.29 is 4.79 Å². The van der Waals surface area contributed by atoms with Crippen molar-refractivity contribution in [2.45, 2.75) is 24.9 Å². The smallest absolute Gasteiger partial charge is 0.242 e. The van der Waals surface area contributed by atoms with Crippen LogP contribution < -0.4 is 10.2 Å². The molecule has 4 nitrogen and oxygen atoms in total. The van der Waals surface area contributed by atoms with Gasteiger partial charge in [-0.25, -0.2) is 0 Å². The van der Waals surface area contributed by atoms with Crippen molar-refractivity contribution in [3.05, 3.63) is 65.2 Å². The molecule has 0 aromatic heterocycles. The number of hydrogen-bond donors (Lipinski definition) is 1. The molecule has 2 aromatic rings. The van der Waals surface area contributed by atoms with Gasteiger partial charge < -0.3 is 10.2 Å². The predicted molar refractivity (Wildman–Crippen MR) is 106 cm³/mol. The van der Waals surface area contributed by atoms with Crippen LogP contribution in [0.5, 0.6) is 0 Å². The van der Waals surface area contributed by atoms with Crippen LogP contribution in [0.2, 0.25) is 5.02 Å². The summed E-state index contributed by atoms with van der Waals surface area (Å²) in [5, 5.41) is 3.95. The first-order valence-corrected chi connectivity index (χ1v) is 9.68. The molecule has 2 fully saturated rings. The zero-order valence-electron chi connectivity index (χ0n) is 14.8. The normalized spacial score (nSPS) is 19.2. The molecule has 0 radical (unpaired) electrons. The summed E-state index contributed by atoms with van der Waals surface area (Å²) in [4.78, 5) is 17.5. The van der Waals surface area contributed by atoms with Crippen LogP contribution in [0.1, 0.15) is 24.4 Å². The second-order valence-corrected chi connectivity index (χ2v) is 7.54. The summed E-state index contributed by atoms with van der Waals surface area (Å²) in [5.74, 6) is 0.134. The lowest BCUT2D eigenvalue weighted by Gasteiger charge is -2.39. The van der Waals surface area contributed by atoms with Gasteiger partial charge >= 0.3 is 0 Å². The molecule has 1 saturated carbocycles. The fourth-order valence-electron chi connectivity index (χ4n) is 3.58. The zero-order valence-corrected chi connectivity index (χ0v) is 15.5. The fourth-order valence-corrected chi connectivity index (χ4v) is 3.77. The lowest BCUT2D eigenvalue weighted by Crippen LogP contribution is -2.51. The molecule has 5 heteroatoms. The highest BCUT2D eigenvalue weighted by atomic mass is 35.5. The van der Waals surface area contributed by atoms with Gasteiger partial charge in [0.15, 0.2) is 0 Å². The van der Waals surface area contributed by atoms with Gasteiger partial charge in [-0.3, -0.25) is 9.69 Å². The molecule has 26 heavy (non-hydrogen) atoms. The number of carbonyl (C=O) groups is 1. The summed E-state index contributed by atoms with van der Waals surface area (Å²) in [5.41, 5.74) is 2.22. The van der Waals surface area contributed by atoms with E-state index in [9.17, 15) is 4.79 Å². The molecule has 0 bridgehead atoms. The Labute approximate surface area is 159 Å². The number of amides is 1. The van der Waals surface area contributed by atoms with Crippen LogP contribution >= 0.6 is 11.6 Å². The van der Waals surface area contributed by atoms with E-state index in [1.54, 1.807) is 0 Å². The molecular weight excluding hydrogens is 346 g/mol. The molecule has 1 saturated heterocycles. The first-order valence-electron chi connectivity index (χ1n) is 9.30. The summed E-state index contributed by atoms with van der Waals surface area (Å²) in [6.45, 7) is 3.48. The number of hydrogen-bond acceptors (Lipinski definition) is 3. The molecule has 136 valence electrons. The summed E-state index contributed by atoms with van der Waals surface area (Å²) in [6.07, 6.45) is 2.21. The molecule has 0 spiro atoms. The first-order chi connectivity index (χ1) is 12.7. The Kier molecular flexibility index (Phi) is 5.14. The molecule has 1 atom stereocenters. The second kappa shape index (κ2) is 7.68. The Balaban J connectivity index is 1.47. The van der Waals surface area contributed by atoms with Crippen molar-refractivity contribution in [3.8, 4) is 0 Å². The van der Waals surface area contributed by atoms with E-state index in [-0.39, 0.29) is 11.9 Å². The molecule has 1 amide bonds. The molecular formula is C21H24ClN3O. The van der Waals surface area contributed by atoms with Gasteiger partial charge in [0.25, 0.3) is 0 Å². The number of benzene rings is 2. The van der Waals surface area contributed by atoms with Crippen molar-refractivity contribution in [2.75, 3.05) is 31.1 Å². The molecule has 0 unspecified atom stereocenters. The Hall–Kier alpha value is -2.04. The number of anilines is 1. The minimum absolute atomic E-state index is 0.134. The monoisotopic (exact) mass is 369 g/mol. The number of piperazine rings is 1. The number of nitrogens with zero attached hydrogens (tertiary/aromatic N) is 2. The summed E-state index contributed by atoms with van der Waals surface area (Å²) >= 11 is 6.13. The predicted octanol–water partition coefficient (Wildman–Crippen LogP) is 3.48. The van der Waals surface area contributed by atoms with Gasteiger partial charge in [-0.2, -0.15) is 0 Å². The zero-order chi connectivity index (χ0) is 17.9. The van der Waals surface area contributed by atoms with Crippen molar-refractivity contribution in [2.24, 2.45) is 0 Å². The largest absolute Gasteiger partial charge is 0.369 e. The van der Waals surface area contributed by atoms with E-state index in [2.05, 4.69) is 33.3 Å². The molecule has 1 N–H and O–H groups in total. The third kappa shape index (κ3) is 4.02. The maximum absolute atomic E-state index is 12.9. The van der Waals surface area contributed by atoms with E-state index in [1.165, 1.54) is 0 Å². The highest BCUT2D eigenvalue weighted by Gasteiger charge is 2.33. The maximum Gasteiger partial charge on any atom is 0.242 e. The highest BCUT2D eigenvalue weighted by Crippen LogP contribution is 2.27. The van der Waals surface area contributed by atoms with E-state index in [0.29, 0.717) is 6.04 Å². The summed E-state index contributed by atoms with van der Waals surface area (Å²) in [6, 6.07) is 18.3. The van der Waals surface area contributed by atoms with Crippen LogP contribution in [0.3, 0.4) is 0 Å². The molecule has 2 aliphatic rings. The van der Waals surface area contributed by atoms with Crippen LogP contribution in [-0.4, -0.2) is 43.0 Å². The van der Waals surface area contributed by atoms with E-state index in [0.717, 1.165) is 55.3 Å². The van der Waals surface area contributed by atoms with E-state index >= 15 is 0 Å². The Morgan fingerprint density at radius 3 is 2.38 bits per heavy atom. The van der Waals surface area contributed by atoms with Gasteiger partial charge in [0.1, 0.15) is 6.04 Å². The lowest BCUT2D eigenvalue weighted by atomic mass is 10.0. The lowest BCUT2D eigenvalue weighted by molar-refractivity contribution is -0.127. The Morgan fingerprint density at radius 2 is 1.73 bits per heavy atom. The van der Waals surface area contributed by atoms with Crippen LogP contribution in [0, 0.1) is 0 Å². The topological polar surface area (TPSA) is 35.6 Å². The highest BCUT2D eigenvalue weighted by molar-refractivity contribution is 6.30. The van der Waals surface area contributed by atoms with E-state index in [1.807, 2.05) is 36.4 Å². The quantitative estimate of drug-likeness (QED) is 0.876. The third-order valence-corrected chi connectivity index (χ3v) is 5.38. The average molecular weight is 370 g/mol. The van der Waals surface area contributed by atoms with Crippen LogP contribution in [-0.2, 0) is 4.79 Å². The fraction of sp³-hybridized carbons (Fsp3) is 0.381.